The molecule has 0 spiro atoms. The van der Waals surface area contributed by atoms with Crippen LogP contribution >= 0.6 is 0 Å². The summed E-state index contributed by atoms with van der Waals surface area (Å²) in [5.41, 5.74) is 24.5. The van der Waals surface area contributed by atoms with Crippen molar-refractivity contribution in [3.63, 3.8) is 0 Å². The van der Waals surface area contributed by atoms with Gasteiger partial charge in [-0.25, -0.2) is 0 Å². The average Bonchev–Trinajstić information content (AvgIpc) is 1.53. The zero-order valence-electron chi connectivity index (χ0n) is 54.9. The highest BCUT2D eigenvalue weighted by Crippen LogP contribution is 2.52. The molecule has 2 aliphatic rings. The maximum Gasteiger partial charge on any atom is 0.252 e. The molecule has 466 valence electrons. The SMILES string of the molecule is c1ccc(-c2cccc(-c3cc4c5c(c3)-n3c6ccc7c8ccccc8c8ccccc8c7c6c6c7c8ccccc8c8ccccc8c7cc(c63)B5c3cc(N(c5ccccc5)c5ccccc5)cc5c6cc(N(c7ccccc7)c7ccccc7)ccc6n-4c35)c2-c2ccccc2)cc1. The van der Waals surface area contributed by atoms with Crippen LogP contribution < -0.4 is 26.2 Å². The molecule has 0 saturated heterocycles. The number of fused-ring (bicyclic) bond motifs is 24. The molecular weight excluding hydrogens is 1220 g/mol. The summed E-state index contributed by atoms with van der Waals surface area (Å²) in [6.07, 6.45) is 0. The smallest absolute Gasteiger partial charge is 0.252 e. The second kappa shape index (κ2) is 21.6. The molecule has 2 aliphatic heterocycles. The van der Waals surface area contributed by atoms with E-state index in [2.05, 4.69) is 377 Å². The van der Waals surface area contributed by atoms with Crippen LogP contribution in [0.1, 0.15) is 0 Å². The Morgan fingerprint density at radius 1 is 0.218 bits per heavy atom. The van der Waals surface area contributed by atoms with Gasteiger partial charge in [0.05, 0.1) is 16.6 Å². The molecule has 2 aromatic heterocycles. The van der Waals surface area contributed by atoms with Crippen LogP contribution in [0.3, 0.4) is 0 Å². The van der Waals surface area contributed by atoms with Gasteiger partial charge < -0.3 is 18.9 Å². The quantitative estimate of drug-likeness (QED) is 0.106. The van der Waals surface area contributed by atoms with Crippen molar-refractivity contribution >= 4 is 165 Å². The third kappa shape index (κ3) is 8.03. The highest BCUT2D eigenvalue weighted by atomic mass is 15.2. The topological polar surface area (TPSA) is 16.3 Å². The van der Waals surface area contributed by atoms with E-state index < -0.39 is 0 Å². The van der Waals surface area contributed by atoms with Crippen molar-refractivity contribution in [2.75, 3.05) is 9.80 Å². The van der Waals surface area contributed by atoms with E-state index in [0.717, 1.165) is 45.2 Å². The number of aromatic nitrogens is 2. The fourth-order valence-corrected chi connectivity index (χ4v) is 18.2. The van der Waals surface area contributed by atoms with Crippen LogP contribution in [0.15, 0.2) is 358 Å². The Balaban J connectivity index is 0.969. The number of anilines is 6. The molecule has 0 atom stereocenters. The lowest BCUT2D eigenvalue weighted by molar-refractivity contribution is 1.14. The van der Waals surface area contributed by atoms with E-state index in [1.54, 1.807) is 0 Å². The lowest BCUT2D eigenvalue weighted by Gasteiger charge is -2.35. The van der Waals surface area contributed by atoms with Gasteiger partial charge in [0.1, 0.15) is 0 Å². The molecule has 4 heterocycles. The van der Waals surface area contributed by atoms with Gasteiger partial charge in [-0.05, 0) is 201 Å². The van der Waals surface area contributed by atoms with E-state index in [9.17, 15) is 0 Å². The Kier molecular flexibility index (Phi) is 12.0. The van der Waals surface area contributed by atoms with Gasteiger partial charge in [0.15, 0.2) is 0 Å². The largest absolute Gasteiger partial charge is 0.311 e. The van der Waals surface area contributed by atoms with Crippen LogP contribution in [0, 0.1) is 0 Å². The van der Waals surface area contributed by atoms with Crippen molar-refractivity contribution in [1.29, 1.82) is 0 Å². The molecule has 0 aliphatic carbocycles. The van der Waals surface area contributed by atoms with Crippen molar-refractivity contribution in [2.24, 2.45) is 0 Å². The van der Waals surface area contributed by atoms with Crippen molar-refractivity contribution in [3.05, 3.63) is 358 Å². The van der Waals surface area contributed by atoms with E-state index in [4.69, 9.17) is 0 Å². The molecule has 0 saturated carbocycles. The molecule has 0 bridgehead atoms. The second-order valence-electron chi connectivity index (χ2n) is 27.3. The number of hydrogen-bond acceptors (Lipinski definition) is 2. The zero-order chi connectivity index (χ0) is 66.0. The number of benzene rings is 18. The van der Waals surface area contributed by atoms with Crippen LogP contribution in [-0.4, -0.2) is 15.8 Å². The maximum atomic E-state index is 2.74. The number of para-hydroxylation sites is 4. The minimum Gasteiger partial charge on any atom is -0.311 e. The van der Waals surface area contributed by atoms with Gasteiger partial charge in [0, 0.05) is 83.3 Å². The summed E-state index contributed by atoms with van der Waals surface area (Å²) in [4.78, 5) is 4.89. The third-order valence-electron chi connectivity index (χ3n) is 22.1. The highest BCUT2D eigenvalue weighted by molar-refractivity contribution is 7.00. The summed E-state index contributed by atoms with van der Waals surface area (Å²) in [7, 11) is 0. The predicted molar refractivity (Wildman–Crippen MR) is 430 cm³/mol. The Bertz CT molecular complexity index is 6750. The minimum absolute atomic E-state index is 0.256. The Hall–Kier alpha value is -13.2. The normalized spacial score (nSPS) is 12.3. The van der Waals surface area contributed by atoms with E-state index in [1.165, 1.54) is 158 Å². The molecule has 18 aromatic carbocycles. The Labute approximate surface area is 583 Å². The molecule has 4 nitrogen and oxygen atoms in total. The fourth-order valence-electron chi connectivity index (χ4n) is 18.2. The molecule has 0 fully saturated rings. The first-order valence-electron chi connectivity index (χ1n) is 35.1. The van der Waals surface area contributed by atoms with E-state index in [-0.39, 0.29) is 6.71 Å². The summed E-state index contributed by atoms with van der Waals surface area (Å²) in [5.74, 6) is 0. The van der Waals surface area contributed by atoms with Crippen LogP contribution in [-0.2, 0) is 0 Å². The van der Waals surface area contributed by atoms with Crippen LogP contribution in [0.4, 0.5) is 34.1 Å². The highest BCUT2D eigenvalue weighted by Gasteiger charge is 2.43. The van der Waals surface area contributed by atoms with Gasteiger partial charge in [-0.3, -0.25) is 0 Å². The van der Waals surface area contributed by atoms with Gasteiger partial charge in [0.2, 0.25) is 0 Å². The van der Waals surface area contributed by atoms with Crippen LogP contribution in [0.5, 0.6) is 0 Å². The molecule has 20 aromatic rings. The summed E-state index contributed by atoms with van der Waals surface area (Å²) < 4.78 is 5.41. The Morgan fingerprint density at radius 3 is 1.15 bits per heavy atom. The average molecular weight is 1280 g/mol. The van der Waals surface area contributed by atoms with Gasteiger partial charge in [-0.2, -0.15) is 0 Å². The molecule has 0 N–H and O–H groups in total. The number of rotatable bonds is 9. The summed E-state index contributed by atoms with van der Waals surface area (Å²) in [5, 5.41) is 20.0. The zero-order valence-corrected chi connectivity index (χ0v) is 54.9. The second-order valence-corrected chi connectivity index (χ2v) is 27.3. The lowest BCUT2D eigenvalue weighted by Crippen LogP contribution is -2.59. The molecule has 0 amide bonds. The fraction of sp³-hybridized carbons (Fsp3) is 0. The van der Waals surface area contributed by atoms with Crippen molar-refractivity contribution < 1.29 is 0 Å². The summed E-state index contributed by atoms with van der Waals surface area (Å²) >= 11 is 0. The third-order valence-corrected chi connectivity index (χ3v) is 22.1. The first kappa shape index (κ1) is 55.9. The van der Waals surface area contributed by atoms with Crippen LogP contribution in [0.25, 0.3) is 153 Å². The Morgan fingerprint density at radius 2 is 0.614 bits per heavy atom. The van der Waals surface area contributed by atoms with Crippen LogP contribution in [0.2, 0.25) is 0 Å². The van der Waals surface area contributed by atoms with Crippen molar-refractivity contribution in [1.82, 2.24) is 9.13 Å². The number of nitrogens with zero attached hydrogens (tertiary/aromatic N) is 4. The van der Waals surface area contributed by atoms with Crippen molar-refractivity contribution in [2.45, 2.75) is 0 Å². The lowest BCUT2D eigenvalue weighted by atomic mass is 9.34. The molecule has 0 radical (unpaired) electrons. The van der Waals surface area contributed by atoms with Gasteiger partial charge in [-0.1, -0.05) is 261 Å². The first-order chi connectivity index (χ1) is 50.2. The van der Waals surface area contributed by atoms with E-state index in [1.807, 2.05) is 0 Å². The molecule has 0 unspecified atom stereocenters. The number of hydrogen-bond donors (Lipinski definition) is 0. The molecule has 5 heteroatoms. The summed E-state index contributed by atoms with van der Waals surface area (Å²) in [6.45, 7) is -0.256. The molecule has 101 heavy (non-hydrogen) atoms. The van der Waals surface area contributed by atoms with Gasteiger partial charge in [0.25, 0.3) is 6.71 Å². The molecular formula is C96H59BN4. The predicted octanol–water partition coefficient (Wildman–Crippen LogP) is 23.9. The standard InChI is InChI=1S/C96H59BN4/c1-7-28-60(29-8-1)69-48-27-49-70(89(69)61-30-9-2-10-31-61)62-54-87-94-88(55-62)101-86-53-51-79-75-44-21-19-40-71(75)73-42-23-25-46-77(73)90(79)92(86)93-91-78-47-26-24-43-74(78)72-41-20-22-45-76(72)81(91)59-84(96(93)101)97(94)83-58-68(99(65-36-15-5-16-37-65)66-38-17-6-18-39-66)57-82-80-56-67(50-52-85(80)100(87)95(82)83)98(63-32-11-3-12-33-63)64-34-13-4-14-35-64/h1-59H. The van der Waals surface area contributed by atoms with Crippen molar-refractivity contribution in [3.8, 4) is 44.8 Å². The monoisotopic (exact) mass is 1280 g/mol. The van der Waals surface area contributed by atoms with E-state index in [0.29, 0.717) is 0 Å². The molecule has 22 rings (SSSR count). The maximum absolute atomic E-state index is 2.74. The van der Waals surface area contributed by atoms with Gasteiger partial charge in [-0.15, -0.1) is 0 Å². The first-order valence-corrected chi connectivity index (χ1v) is 35.1. The van der Waals surface area contributed by atoms with Gasteiger partial charge >= 0.3 is 0 Å². The summed E-state index contributed by atoms with van der Waals surface area (Å²) in [6, 6.07) is 134. The minimum atomic E-state index is -0.256. The van der Waals surface area contributed by atoms with E-state index >= 15 is 0 Å².